The van der Waals surface area contributed by atoms with Crippen LogP contribution in [0.4, 0.5) is 0 Å². The molecule has 0 fully saturated rings. The summed E-state index contributed by atoms with van der Waals surface area (Å²) in [5, 5.41) is 7.40. The SMILES string of the molecule is CCCNCc1coc(-n2cc(I)cn2)n1. The van der Waals surface area contributed by atoms with Crippen LogP contribution < -0.4 is 5.32 Å². The molecule has 0 spiro atoms. The number of halogens is 1. The smallest absolute Gasteiger partial charge is 0.322 e. The van der Waals surface area contributed by atoms with E-state index in [1.54, 1.807) is 17.1 Å². The van der Waals surface area contributed by atoms with E-state index in [1.165, 1.54) is 0 Å². The first kappa shape index (κ1) is 11.6. The zero-order valence-electron chi connectivity index (χ0n) is 8.98. The molecule has 0 saturated carbocycles. The molecule has 0 saturated heterocycles. The van der Waals surface area contributed by atoms with E-state index in [0.717, 1.165) is 28.8 Å². The summed E-state index contributed by atoms with van der Waals surface area (Å²) in [5.41, 5.74) is 0.897. The highest BCUT2D eigenvalue weighted by Gasteiger charge is 2.06. The summed E-state index contributed by atoms with van der Waals surface area (Å²) in [4.78, 5) is 4.33. The van der Waals surface area contributed by atoms with Gasteiger partial charge in [0, 0.05) is 12.7 Å². The molecule has 0 aliphatic rings. The quantitative estimate of drug-likeness (QED) is 0.672. The van der Waals surface area contributed by atoms with Crippen molar-refractivity contribution in [2.45, 2.75) is 19.9 Å². The van der Waals surface area contributed by atoms with E-state index in [2.05, 4.69) is 44.9 Å². The van der Waals surface area contributed by atoms with Crippen LogP contribution in [0.2, 0.25) is 0 Å². The number of aromatic nitrogens is 3. The van der Waals surface area contributed by atoms with E-state index in [0.29, 0.717) is 6.01 Å². The zero-order chi connectivity index (χ0) is 11.4. The van der Waals surface area contributed by atoms with Crippen LogP contribution in [0.5, 0.6) is 0 Å². The molecule has 0 bridgehead atoms. The largest absolute Gasteiger partial charge is 0.430 e. The summed E-state index contributed by atoms with van der Waals surface area (Å²) in [6.45, 7) is 3.85. The topological polar surface area (TPSA) is 55.9 Å². The van der Waals surface area contributed by atoms with Crippen molar-refractivity contribution in [1.82, 2.24) is 20.1 Å². The van der Waals surface area contributed by atoms with Gasteiger partial charge in [-0.3, -0.25) is 0 Å². The summed E-state index contributed by atoms with van der Waals surface area (Å²) in [6.07, 6.45) is 6.41. The van der Waals surface area contributed by atoms with Gasteiger partial charge in [-0.15, -0.1) is 0 Å². The molecule has 0 aliphatic carbocycles. The van der Waals surface area contributed by atoms with Gasteiger partial charge in [0.1, 0.15) is 6.26 Å². The van der Waals surface area contributed by atoms with Crippen molar-refractivity contribution in [3.8, 4) is 6.01 Å². The Morgan fingerprint density at radius 3 is 3.12 bits per heavy atom. The lowest BCUT2D eigenvalue weighted by Gasteiger charge is -1.97. The number of nitrogens with zero attached hydrogens (tertiary/aromatic N) is 3. The first-order chi connectivity index (χ1) is 7.79. The summed E-state index contributed by atoms with van der Waals surface area (Å²) in [6, 6.07) is 0.510. The second-order valence-electron chi connectivity index (χ2n) is 3.40. The third-order valence-corrected chi connectivity index (χ3v) is 2.58. The van der Waals surface area contributed by atoms with Gasteiger partial charge >= 0.3 is 6.01 Å². The van der Waals surface area contributed by atoms with Crippen LogP contribution in [-0.2, 0) is 6.54 Å². The molecule has 1 N–H and O–H groups in total. The summed E-state index contributed by atoms with van der Waals surface area (Å²) in [5.74, 6) is 0. The van der Waals surface area contributed by atoms with Crippen molar-refractivity contribution in [3.05, 3.63) is 27.9 Å². The fourth-order valence-electron chi connectivity index (χ4n) is 1.28. The number of oxazole rings is 1. The van der Waals surface area contributed by atoms with Crippen molar-refractivity contribution in [2.24, 2.45) is 0 Å². The minimum Gasteiger partial charge on any atom is -0.430 e. The van der Waals surface area contributed by atoms with Gasteiger partial charge in [0.05, 0.1) is 15.5 Å². The molecule has 2 aromatic heterocycles. The van der Waals surface area contributed by atoms with Gasteiger partial charge in [-0.1, -0.05) is 6.92 Å². The molecular weight excluding hydrogens is 319 g/mol. The highest BCUT2D eigenvalue weighted by molar-refractivity contribution is 14.1. The van der Waals surface area contributed by atoms with Crippen molar-refractivity contribution < 1.29 is 4.42 Å². The van der Waals surface area contributed by atoms with E-state index in [1.807, 2.05) is 6.20 Å². The molecule has 0 amide bonds. The lowest BCUT2D eigenvalue weighted by atomic mass is 10.4. The Labute approximate surface area is 107 Å². The van der Waals surface area contributed by atoms with Crippen LogP contribution in [0.15, 0.2) is 23.1 Å². The van der Waals surface area contributed by atoms with Gasteiger partial charge in [0.15, 0.2) is 0 Å². The molecule has 16 heavy (non-hydrogen) atoms. The fraction of sp³-hybridized carbons (Fsp3) is 0.400. The zero-order valence-corrected chi connectivity index (χ0v) is 11.1. The second-order valence-corrected chi connectivity index (χ2v) is 4.65. The average molecular weight is 332 g/mol. The first-order valence-electron chi connectivity index (χ1n) is 5.15. The molecule has 6 heteroatoms. The van der Waals surface area contributed by atoms with Crippen LogP contribution in [0.3, 0.4) is 0 Å². The van der Waals surface area contributed by atoms with Gasteiger partial charge in [-0.05, 0) is 35.6 Å². The third kappa shape index (κ3) is 2.82. The molecule has 86 valence electrons. The normalized spacial score (nSPS) is 10.9. The highest BCUT2D eigenvalue weighted by atomic mass is 127. The van der Waals surface area contributed by atoms with Gasteiger partial charge in [0.2, 0.25) is 0 Å². The van der Waals surface area contributed by atoms with Crippen molar-refractivity contribution >= 4 is 22.6 Å². The standard InChI is InChI=1S/C10H13IN4O/c1-2-3-12-5-9-7-16-10(14-9)15-6-8(11)4-13-15/h4,6-7,12H,2-3,5H2,1H3. The molecule has 0 aliphatic heterocycles. The van der Waals surface area contributed by atoms with Crippen molar-refractivity contribution in [2.75, 3.05) is 6.54 Å². The third-order valence-electron chi connectivity index (χ3n) is 2.02. The molecule has 2 heterocycles. The fourth-order valence-corrected chi connectivity index (χ4v) is 1.67. The monoisotopic (exact) mass is 332 g/mol. The number of hydrogen-bond acceptors (Lipinski definition) is 4. The Balaban J connectivity index is 2.02. The summed E-state index contributed by atoms with van der Waals surface area (Å²) < 4.78 is 8.03. The van der Waals surface area contributed by atoms with E-state index in [4.69, 9.17) is 4.42 Å². The van der Waals surface area contributed by atoms with Crippen LogP contribution in [-0.4, -0.2) is 21.3 Å². The summed E-state index contributed by atoms with van der Waals surface area (Å²) in [7, 11) is 0. The molecule has 0 unspecified atom stereocenters. The molecule has 2 aromatic rings. The molecule has 0 atom stereocenters. The number of nitrogens with one attached hydrogen (secondary N) is 1. The van der Waals surface area contributed by atoms with E-state index >= 15 is 0 Å². The molecule has 2 rings (SSSR count). The molecule has 5 nitrogen and oxygen atoms in total. The maximum absolute atomic E-state index is 5.34. The predicted molar refractivity (Wildman–Crippen MR) is 68.3 cm³/mol. The predicted octanol–water partition coefficient (Wildman–Crippen LogP) is 1.96. The Bertz CT molecular complexity index is 451. The summed E-state index contributed by atoms with van der Waals surface area (Å²) >= 11 is 2.20. The second kappa shape index (κ2) is 5.44. The Hall–Kier alpha value is -0.890. The molecule has 0 aromatic carbocycles. The van der Waals surface area contributed by atoms with Gasteiger partial charge in [-0.2, -0.15) is 14.8 Å². The Morgan fingerprint density at radius 2 is 2.44 bits per heavy atom. The lowest BCUT2D eigenvalue weighted by molar-refractivity contribution is 0.509. The highest BCUT2D eigenvalue weighted by Crippen LogP contribution is 2.09. The number of rotatable bonds is 5. The Morgan fingerprint density at radius 1 is 1.56 bits per heavy atom. The van der Waals surface area contributed by atoms with E-state index in [9.17, 15) is 0 Å². The Kier molecular flexibility index (Phi) is 3.94. The van der Waals surface area contributed by atoms with Gasteiger partial charge in [0.25, 0.3) is 0 Å². The van der Waals surface area contributed by atoms with E-state index < -0.39 is 0 Å². The van der Waals surface area contributed by atoms with Gasteiger partial charge < -0.3 is 9.73 Å². The molecule has 0 radical (unpaired) electrons. The minimum absolute atomic E-state index is 0.510. The first-order valence-corrected chi connectivity index (χ1v) is 6.23. The minimum atomic E-state index is 0.510. The van der Waals surface area contributed by atoms with Gasteiger partial charge in [-0.25, -0.2) is 0 Å². The van der Waals surface area contributed by atoms with Crippen molar-refractivity contribution in [1.29, 1.82) is 0 Å². The van der Waals surface area contributed by atoms with Crippen LogP contribution in [0, 0.1) is 3.57 Å². The maximum Gasteiger partial charge on any atom is 0.322 e. The maximum atomic E-state index is 5.34. The number of hydrogen-bond donors (Lipinski definition) is 1. The van der Waals surface area contributed by atoms with E-state index in [-0.39, 0.29) is 0 Å². The van der Waals surface area contributed by atoms with Crippen LogP contribution >= 0.6 is 22.6 Å². The van der Waals surface area contributed by atoms with Crippen LogP contribution in [0.25, 0.3) is 6.01 Å². The average Bonchev–Trinajstić information content (AvgIpc) is 2.87. The molecular formula is C10H13IN4O. The van der Waals surface area contributed by atoms with Crippen LogP contribution in [0.1, 0.15) is 19.0 Å². The lowest BCUT2D eigenvalue weighted by Crippen LogP contribution is -2.14. The van der Waals surface area contributed by atoms with Crippen molar-refractivity contribution in [3.63, 3.8) is 0 Å².